The van der Waals surface area contributed by atoms with Gasteiger partial charge in [0.1, 0.15) is 5.58 Å². The van der Waals surface area contributed by atoms with Gasteiger partial charge in [-0.3, -0.25) is 4.98 Å². The van der Waals surface area contributed by atoms with E-state index >= 15 is 0 Å². The van der Waals surface area contributed by atoms with Crippen molar-refractivity contribution in [1.29, 1.82) is 0 Å². The summed E-state index contributed by atoms with van der Waals surface area (Å²) in [5.74, 6) is 0. The fourth-order valence-electron chi connectivity index (χ4n) is 2.19. The zero-order valence-corrected chi connectivity index (χ0v) is 11.1. The van der Waals surface area contributed by atoms with Crippen molar-refractivity contribution in [3.8, 4) is 0 Å². The molecule has 4 rings (SSSR count). The van der Waals surface area contributed by atoms with Crippen molar-refractivity contribution in [2.75, 3.05) is 0 Å². The van der Waals surface area contributed by atoms with Crippen molar-refractivity contribution in [3.63, 3.8) is 0 Å². The molecule has 3 nitrogen and oxygen atoms in total. The number of aromatic nitrogens is 2. The van der Waals surface area contributed by atoms with Crippen LogP contribution in [0.4, 0.5) is 0 Å². The molecular formula is C13H7IrN2O-. The molecule has 17 heavy (non-hydrogen) atoms. The first-order valence-corrected chi connectivity index (χ1v) is 5.08. The van der Waals surface area contributed by atoms with Crippen LogP contribution in [0.2, 0.25) is 0 Å². The van der Waals surface area contributed by atoms with E-state index in [9.17, 15) is 0 Å². The number of fused-ring (bicyclic) bond motifs is 6. The van der Waals surface area contributed by atoms with E-state index in [4.69, 9.17) is 4.42 Å². The van der Waals surface area contributed by atoms with E-state index < -0.39 is 0 Å². The number of furan rings is 1. The van der Waals surface area contributed by atoms with Crippen LogP contribution in [-0.4, -0.2) is 9.38 Å². The Bertz CT molecular complexity index is 747. The van der Waals surface area contributed by atoms with E-state index in [0.717, 1.165) is 27.5 Å². The fraction of sp³-hybridized carbons (Fsp3) is 0. The maximum atomic E-state index is 5.54. The monoisotopic (exact) mass is 400 g/mol. The molecule has 0 aliphatic rings. The molecule has 0 bridgehead atoms. The van der Waals surface area contributed by atoms with Crippen LogP contribution in [0.1, 0.15) is 0 Å². The topological polar surface area (TPSA) is 30.4 Å². The van der Waals surface area contributed by atoms with E-state index in [0.29, 0.717) is 0 Å². The summed E-state index contributed by atoms with van der Waals surface area (Å²) in [6.45, 7) is 0. The van der Waals surface area contributed by atoms with Gasteiger partial charge in [0.05, 0.1) is 17.4 Å². The molecule has 0 N–H and O–H groups in total. The molecule has 0 aliphatic heterocycles. The van der Waals surface area contributed by atoms with Crippen LogP contribution in [0.25, 0.3) is 27.5 Å². The van der Waals surface area contributed by atoms with Gasteiger partial charge in [-0.15, -0.1) is 24.3 Å². The summed E-state index contributed by atoms with van der Waals surface area (Å²) in [5, 5.41) is 2.05. The van der Waals surface area contributed by atoms with E-state index in [-0.39, 0.29) is 20.1 Å². The van der Waals surface area contributed by atoms with Gasteiger partial charge in [-0.05, 0) is 6.07 Å². The second-order valence-electron chi connectivity index (χ2n) is 3.71. The Morgan fingerprint density at radius 1 is 1.29 bits per heavy atom. The molecule has 4 heteroatoms. The minimum atomic E-state index is 0. The number of pyridine rings is 1. The van der Waals surface area contributed by atoms with Crippen molar-refractivity contribution >= 4 is 27.5 Å². The quantitative estimate of drug-likeness (QED) is 0.426. The van der Waals surface area contributed by atoms with Gasteiger partial charge in [0.2, 0.25) is 0 Å². The molecule has 0 saturated carbocycles. The molecular weight excluding hydrogens is 392 g/mol. The SMILES string of the molecule is [Ir].[c-]1cccc2c1c1nccn1c1ccoc21. The maximum absolute atomic E-state index is 5.54. The maximum Gasteiger partial charge on any atom is 0.116 e. The fourth-order valence-corrected chi connectivity index (χ4v) is 2.19. The van der Waals surface area contributed by atoms with Crippen molar-refractivity contribution < 1.29 is 24.5 Å². The molecule has 1 radical (unpaired) electrons. The molecule has 0 unspecified atom stereocenters. The van der Waals surface area contributed by atoms with Gasteiger partial charge in [-0.1, -0.05) is 10.8 Å². The van der Waals surface area contributed by atoms with Crippen LogP contribution in [0.3, 0.4) is 0 Å². The van der Waals surface area contributed by atoms with Gasteiger partial charge in [0.15, 0.2) is 0 Å². The minimum Gasteiger partial charge on any atom is -0.472 e. The number of rotatable bonds is 0. The normalized spacial score (nSPS) is 11.1. The first-order chi connectivity index (χ1) is 7.95. The zero-order valence-electron chi connectivity index (χ0n) is 8.68. The molecule has 0 amide bonds. The summed E-state index contributed by atoms with van der Waals surface area (Å²) >= 11 is 0. The molecule has 85 valence electrons. The molecule has 0 aliphatic carbocycles. The molecule has 4 aromatic rings. The van der Waals surface area contributed by atoms with Crippen molar-refractivity contribution in [3.05, 3.63) is 49.0 Å². The zero-order chi connectivity index (χ0) is 10.5. The van der Waals surface area contributed by atoms with Crippen LogP contribution in [-0.2, 0) is 20.1 Å². The van der Waals surface area contributed by atoms with Gasteiger partial charge in [-0.25, -0.2) is 0 Å². The largest absolute Gasteiger partial charge is 0.472 e. The standard InChI is InChI=1S/C13H7N2O.Ir/c1-2-4-10-9(3-1)12-11(5-8-16-12)15-7-6-14-13(10)15;/h1-3,5-8H;/q-1;. The first-order valence-electron chi connectivity index (χ1n) is 5.08. The third kappa shape index (κ3) is 1.28. The van der Waals surface area contributed by atoms with Crippen LogP contribution in [0.15, 0.2) is 47.3 Å². The summed E-state index contributed by atoms with van der Waals surface area (Å²) in [4.78, 5) is 4.37. The van der Waals surface area contributed by atoms with Crippen molar-refractivity contribution in [2.45, 2.75) is 0 Å². The molecule has 3 aromatic heterocycles. The Kier molecular flexibility index (Phi) is 2.28. The summed E-state index contributed by atoms with van der Waals surface area (Å²) in [5.41, 5.74) is 2.85. The number of hydrogen-bond acceptors (Lipinski definition) is 2. The van der Waals surface area contributed by atoms with Crippen LogP contribution < -0.4 is 0 Å². The number of imidazole rings is 1. The Morgan fingerprint density at radius 2 is 2.24 bits per heavy atom. The molecule has 0 saturated heterocycles. The van der Waals surface area contributed by atoms with Crippen molar-refractivity contribution in [2.24, 2.45) is 0 Å². The van der Waals surface area contributed by atoms with E-state index in [1.165, 1.54) is 0 Å². The predicted molar refractivity (Wildman–Crippen MR) is 61.3 cm³/mol. The molecule has 0 atom stereocenters. The Labute approximate surface area is 110 Å². The Hall–Kier alpha value is -1.64. The Morgan fingerprint density at radius 3 is 3.18 bits per heavy atom. The number of nitrogens with zero attached hydrogens (tertiary/aromatic N) is 2. The minimum absolute atomic E-state index is 0. The summed E-state index contributed by atoms with van der Waals surface area (Å²) in [6.07, 6.45) is 5.44. The second-order valence-corrected chi connectivity index (χ2v) is 3.71. The molecule has 1 aromatic carbocycles. The predicted octanol–water partition coefficient (Wildman–Crippen LogP) is 3.03. The third-order valence-electron chi connectivity index (χ3n) is 2.87. The van der Waals surface area contributed by atoms with Gasteiger partial charge in [0, 0.05) is 32.5 Å². The van der Waals surface area contributed by atoms with Crippen LogP contribution in [0.5, 0.6) is 0 Å². The number of benzene rings is 1. The average molecular weight is 399 g/mol. The summed E-state index contributed by atoms with van der Waals surface area (Å²) < 4.78 is 7.57. The van der Waals surface area contributed by atoms with Crippen LogP contribution >= 0.6 is 0 Å². The molecule has 0 fully saturated rings. The smallest absolute Gasteiger partial charge is 0.116 e. The third-order valence-corrected chi connectivity index (χ3v) is 2.87. The van der Waals surface area contributed by atoms with E-state index in [1.54, 1.807) is 12.5 Å². The van der Waals surface area contributed by atoms with E-state index in [1.807, 2.05) is 34.9 Å². The Balaban J connectivity index is 0.000000902. The van der Waals surface area contributed by atoms with E-state index in [2.05, 4.69) is 11.1 Å². The van der Waals surface area contributed by atoms with Gasteiger partial charge in [0.25, 0.3) is 0 Å². The van der Waals surface area contributed by atoms with Crippen molar-refractivity contribution in [1.82, 2.24) is 9.38 Å². The van der Waals surface area contributed by atoms with Gasteiger partial charge >= 0.3 is 0 Å². The first kappa shape index (κ1) is 10.5. The summed E-state index contributed by atoms with van der Waals surface area (Å²) in [7, 11) is 0. The number of hydrogen-bond donors (Lipinski definition) is 0. The van der Waals surface area contributed by atoms with Crippen LogP contribution in [0, 0.1) is 6.07 Å². The second kappa shape index (κ2) is 3.69. The van der Waals surface area contributed by atoms with Gasteiger partial charge in [-0.2, -0.15) is 0 Å². The molecule has 3 heterocycles. The molecule has 0 spiro atoms. The summed E-state index contributed by atoms with van der Waals surface area (Å²) in [6, 6.07) is 11.1. The van der Waals surface area contributed by atoms with Gasteiger partial charge < -0.3 is 8.82 Å². The average Bonchev–Trinajstić information content (AvgIpc) is 2.98.